The molecule has 4 saturated carbocycles. The molecule has 1 heterocycles. The predicted molar refractivity (Wildman–Crippen MR) is 119 cm³/mol. The topological polar surface area (TPSA) is 88.0 Å². The number of nitrogens with one attached hydrogen (secondary N) is 3. The lowest BCUT2D eigenvalue weighted by molar-refractivity contribution is -0.121. The summed E-state index contributed by atoms with van der Waals surface area (Å²) in [5.74, 6) is 3.16. The second-order valence-corrected chi connectivity index (χ2v) is 9.87. The van der Waals surface area contributed by atoms with Crippen molar-refractivity contribution in [2.45, 2.75) is 70.5 Å². The summed E-state index contributed by atoms with van der Waals surface area (Å²) in [5.41, 5.74) is 2.02. The van der Waals surface area contributed by atoms with E-state index < -0.39 is 0 Å². The zero-order chi connectivity index (χ0) is 21.4. The number of aryl methyl sites for hydroxylation is 1. The summed E-state index contributed by atoms with van der Waals surface area (Å²) in [4.78, 5) is 29.4. The fraction of sp³-hybridized carbons (Fsp3) is 0.625. The number of aromatic nitrogens is 2. The molecule has 0 atom stereocenters. The molecule has 0 aliphatic heterocycles. The molecule has 0 saturated heterocycles. The molecule has 0 unspecified atom stereocenters. The Morgan fingerprint density at radius 2 is 1.74 bits per heavy atom. The van der Waals surface area contributed by atoms with Gasteiger partial charge in [0.05, 0.1) is 17.6 Å². The molecular weight excluding hydrogens is 390 g/mol. The third kappa shape index (κ3) is 4.14. The van der Waals surface area contributed by atoms with Gasteiger partial charge in [-0.15, -0.1) is 0 Å². The molecule has 4 aliphatic carbocycles. The first-order chi connectivity index (χ1) is 15.0. The van der Waals surface area contributed by atoms with Crippen LogP contribution in [0, 0.1) is 17.8 Å². The molecule has 0 spiro atoms. The molecule has 3 N–H and O–H groups in total. The van der Waals surface area contributed by atoms with Crippen LogP contribution in [0.5, 0.6) is 0 Å². The number of carbonyl (C=O) groups is 2. The number of para-hydroxylation sites is 2. The van der Waals surface area contributed by atoms with Crippen molar-refractivity contribution in [3.05, 3.63) is 30.1 Å². The van der Waals surface area contributed by atoms with Gasteiger partial charge in [0.1, 0.15) is 5.82 Å². The van der Waals surface area contributed by atoms with Crippen LogP contribution in [0.15, 0.2) is 24.3 Å². The second-order valence-electron chi connectivity index (χ2n) is 9.87. The highest BCUT2D eigenvalue weighted by molar-refractivity contribution is 5.79. The lowest BCUT2D eigenvalue weighted by Gasteiger charge is -2.56. The van der Waals surface area contributed by atoms with Gasteiger partial charge in [-0.2, -0.15) is 0 Å². The highest BCUT2D eigenvalue weighted by Crippen LogP contribution is 2.55. The number of fused-ring (bicyclic) bond motifs is 1. The molecule has 166 valence electrons. The van der Waals surface area contributed by atoms with Gasteiger partial charge in [0.25, 0.3) is 0 Å². The van der Waals surface area contributed by atoms with Gasteiger partial charge in [-0.05, 0) is 75.3 Å². The van der Waals surface area contributed by atoms with Gasteiger partial charge < -0.3 is 20.5 Å². The first-order valence-corrected chi connectivity index (χ1v) is 11.8. The van der Waals surface area contributed by atoms with Crippen LogP contribution in [-0.2, 0) is 17.9 Å². The summed E-state index contributed by atoms with van der Waals surface area (Å²) >= 11 is 0. The van der Waals surface area contributed by atoms with Crippen molar-refractivity contribution in [1.82, 2.24) is 25.5 Å². The van der Waals surface area contributed by atoms with Crippen LogP contribution in [-0.4, -0.2) is 33.6 Å². The SMILES string of the molecule is CCn1c(CNC(=O)CCNC(=O)NC23CC4CC(CC(C4)C2)C3)nc2ccccc21. The van der Waals surface area contributed by atoms with Gasteiger partial charge in [0.15, 0.2) is 0 Å². The van der Waals surface area contributed by atoms with E-state index in [2.05, 4.69) is 32.4 Å². The van der Waals surface area contributed by atoms with E-state index in [1.54, 1.807) is 0 Å². The van der Waals surface area contributed by atoms with E-state index in [1.807, 2.05) is 24.3 Å². The molecule has 7 nitrogen and oxygen atoms in total. The van der Waals surface area contributed by atoms with E-state index in [0.717, 1.165) is 60.4 Å². The maximum atomic E-state index is 12.5. The number of hydrogen-bond acceptors (Lipinski definition) is 3. The monoisotopic (exact) mass is 423 g/mol. The number of hydrogen-bond donors (Lipinski definition) is 3. The van der Waals surface area contributed by atoms with Crippen molar-refractivity contribution in [3.8, 4) is 0 Å². The van der Waals surface area contributed by atoms with Gasteiger partial charge in [0.2, 0.25) is 5.91 Å². The molecule has 7 heteroatoms. The number of carbonyl (C=O) groups excluding carboxylic acids is 2. The molecule has 2 aromatic rings. The smallest absolute Gasteiger partial charge is 0.315 e. The van der Waals surface area contributed by atoms with Crippen LogP contribution in [0.2, 0.25) is 0 Å². The molecule has 4 aliphatic rings. The first-order valence-electron chi connectivity index (χ1n) is 11.8. The second kappa shape index (κ2) is 8.17. The minimum atomic E-state index is -0.123. The van der Waals surface area contributed by atoms with Gasteiger partial charge in [0, 0.05) is 25.0 Å². The number of imidazole rings is 1. The van der Waals surface area contributed by atoms with E-state index in [9.17, 15) is 9.59 Å². The lowest BCUT2D eigenvalue weighted by Crippen LogP contribution is -2.61. The number of rotatable bonds is 7. The Labute approximate surface area is 183 Å². The van der Waals surface area contributed by atoms with Gasteiger partial charge in [-0.1, -0.05) is 12.1 Å². The Kier molecular flexibility index (Phi) is 5.36. The Balaban J connectivity index is 1.07. The lowest BCUT2D eigenvalue weighted by atomic mass is 9.53. The van der Waals surface area contributed by atoms with E-state index in [0.29, 0.717) is 13.1 Å². The van der Waals surface area contributed by atoms with Crippen LogP contribution in [0.1, 0.15) is 57.7 Å². The molecule has 1 aromatic heterocycles. The fourth-order valence-electron chi connectivity index (χ4n) is 6.72. The van der Waals surface area contributed by atoms with E-state index >= 15 is 0 Å². The third-order valence-electron chi connectivity index (χ3n) is 7.55. The summed E-state index contributed by atoms with van der Waals surface area (Å²) in [6.07, 6.45) is 7.72. The standard InChI is InChI=1S/C24H33N5O2/c1-2-29-20-6-4-3-5-19(20)27-21(29)15-26-22(30)7-8-25-23(31)28-24-12-16-9-17(13-24)11-18(10-16)14-24/h3-6,16-18H,2,7-15H2,1H3,(H,26,30)(H2,25,28,31). The maximum Gasteiger partial charge on any atom is 0.315 e. The molecule has 4 bridgehead atoms. The van der Waals surface area contributed by atoms with Crippen molar-refractivity contribution in [2.24, 2.45) is 17.8 Å². The number of amides is 3. The van der Waals surface area contributed by atoms with Crippen molar-refractivity contribution in [2.75, 3.05) is 6.54 Å². The third-order valence-corrected chi connectivity index (χ3v) is 7.55. The van der Waals surface area contributed by atoms with Gasteiger partial charge in [-0.25, -0.2) is 9.78 Å². The largest absolute Gasteiger partial charge is 0.349 e. The molecule has 3 amide bonds. The Morgan fingerprint density at radius 3 is 2.42 bits per heavy atom. The average Bonchev–Trinajstić information content (AvgIpc) is 3.08. The fourth-order valence-corrected chi connectivity index (χ4v) is 6.72. The average molecular weight is 424 g/mol. The normalized spacial score (nSPS) is 28.6. The minimum absolute atomic E-state index is 0.000324. The van der Waals surface area contributed by atoms with Crippen LogP contribution in [0.25, 0.3) is 11.0 Å². The van der Waals surface area contributed by atoms with E-state index in [1.165, 1.54) is 19.3 Å². The quantitative estimate of drug-likeness (QED) is 0.638. The molecule has 31 heavy (non-hydrogen) atoms. The van der Waals surface area contributed by atoms with E-state index in [4.69, 9.17) is 0 Å². The predicted octanol–water partition coefficient (Wildman–Crippen LogP) is 3.33. The van der Waals surface area contributed by atoms with Crippen LogP contribution in [0.4, 0.5) is 4.79 Å². The maximum absolute atomic E-state index is 12.5. The van der Waals surface area contributed by atoms with Gasteiger partial charge in [-0.3, -0.25) is 4.79 Å². The van der Waals surface area contributed by atoms with Gasteiger partial charge >= 0.3 is 6.03 Å². The molecule has 1 aromatic carbocycles. The number of benzene rings is 1. The Hall–Kier alpha value is -2.57. The zero-order valence-electron chi connectivity index (χ0n) is 18.3. The molecule has 0 radical (unpaired) electrons. The molecule has 4 fully saturated rings. The van der Waals surface area contributed by atoms with Crippen molar-refractivity contribution in [1.29, 1.82) is 0 Å². The minimum Gasteiger partial charge on any atom is -0.349 e. The summed E-state index contributed by atoms with van der Waals surface area (Å²) < 4.78 is 2.12. The Bertz CT molecular complexity index is 946. The summed E-state index contributed by atoms with van der Waals surface area (Å²) in [7, 11) is 0. The van der Waals surface area contributed by atoms with E-state index in [-0.39, 0.29) is 23.9 Å². The zero-order valence-corrected chi connectivity index (χ0v) is 18.3. The highest BCUT2D eigenvalue weighted by Gasteiger charge is 2.51. The molecule has 6 rings (SSSR count). The summed E-state index contributed by atoms with van der Waals surface area (Å²) in [6.45, 7) is 3.61. The highest BCUT2D eigenvalue weighted by atomic mass is 16.2. The van der Waals surface area contributed by atoms with Crippen molar-refractivity contribution >= 4 is 23.0 Å². The molecular formula is C24H33N5O2. The van der Waals surface area contributed by atoms with Crippen molar-refractivity contribution < 1.29 is 9.59 Å². The van der Waals surface area contributed by atoms with Crippen molar-refractivity contribution in [3.63, 3.8) is 0 Å². The first kappa shape index (κ1) is 20.3. The number of nitrogens with zero attached hydrogens (tertiary/aromatic N) is 2. The number of urea groups is 1. The summed E-state index contributed by atoms with van der Waals surface area (Å²) in [6, 6.07) is 7.88. The van der Waals surface area contributed by atoms with Crippen LogP contribution in [0.3, 0.4) is 0 Å². The Morgan fingerprint density at radius 1 is 1.06 bits per heavy atom. The summed E-state index contributed by atoms with van der Waals surface area (Å²) in [5, 5.41) is 9.13. The van der Waals surface area contributed by atoms with Crippen LogP contribution < -0.4 is 16.0 Å². The van der Waals surface area contributed by atoms with Crippen LogP contribution >= 0.6 is 0 Å².